The molecule has 2 aromatic carbocycles. The Hall–Kier alpha value is -1.05. The second-order valence-corrected chi connectivity index (χ2v) is 5.66. The fourth-order valence-corrected chi connectivity index (χ4v) is 3.64. The summed E-state index contributed by atoms with van der Waals surface area (Å²) in [7, 11) is 0. The first-order chi connectivity index (χ1) is 8.31. The zero-order chi connectivity index (χ0) is 11.5. The molecule has 0 radical (unpaired) electrons. The van der Waals surface area contributed by atoms with Gasteiger partial charge >= 0.3 is 0 Å². The minimum absolute atomic E-state index is 0. The lowest BCUT2D eigenvalue weighted by atomic mass is 9.88. The Bertz CT molecular complexity index is 607. The Morgan fingerprint density at radius 2 is 1.89 bits per heavy atom. The van der Waals surface area contributed by atoms with Crippen molar-refractivity contribution in [1.29, 1.82) is 0 Å². The fraction of sp³-hybridized carbons (Fsp3) is 0.375. The Labute approximate surface area is 114 Å². The van der Waals surface area contributed by atoms with Crippen LogP contribution in [-0.2, 0) is 5.41 Å². The lowest BCUT2D eigenvalue weighted by Crippen LogP contribution is -2.19. The largest absolute Gasteiger partial charge is 0.316 e. The molecule has 1 aliphatic carbocycles. The highest BCUT2D eigenvalue weighted by Crippen LogP contribution is 2.57. The summed E-state index contributed by atoms with van der Waals surface area (Å²) < 4.78 is 0. The average Bonchev–Trinajstić information content (AvgIpc) is 2.92. The Kier molecular flexibility index (Phi) is 2.65. The van der Waals surface area contributed by atoms with E-state index >= 15 is 0 Å². The van der Waals surface area contributed by atoms with Crippen molar-refractivity contribution in [2.75, 3.05) is 13.1 Å². The summed E-state index contributed by atoms with van der Waals surface area (Å²) in [4.78, 5) is 0. The van der Waals surface area contributed by atoms with Gasteiger partial charge in [-0.05, 0) is 47.7 Å². The van der Waals surface area contributed by atoms with Crippen molar-refractivity contribution in [3.05, 3.63) is 47.5 Å². The van der Waals surface area contributed by atoms with Gasteiger partial charge in [0.1, 0.15) is 0 Å². The number of hydrogen-bond donors (Lipinski definition) is 1. The van der Waals surface area contributed by atoms with Gasteiger partial charge < -0.3 is 5.32 Å². The van der Waals surface area contributed by atoms with Gasteiger partial charge in [-0.25, -0.2) is 0 Å². The van der Waals surface area contributed by atoms with Gasteiger partial charge in [0.25, 0.3) is 0 Å². The van der Waals surface area contributed by atoms with E-state index in [1.54, 1.807) is 5.56 Å². The summed E-state index contributed by atoms with van der Waals surface area (Å²) in [6, 6.07) is 13.5. The smallest absolute Gasteiger partial charge is 0.0128 e. The maximum absolute atomic E-state index is 3.54. The molecular formula is C16H18ClN. The fourth-order valence-electron chi connectivity index (χ4n) is 3.64. The van der Waals surface area contributed by atoms with Gasteiger partial charge in [-0.2, -0.15) is 0 Å². The van der Waals surface area contributed by atoms with Crippen molar-refractivity contribution in [3.63, 3.8) is 0 Å². The van der Waals surface area contributed by atoms with Crippen LogP contribution in [0.5, 0.6) is 0 Å². The molecule has 0 aromatic heterocycles. The van der Waals surface area contributed by atoms with Crippen LogP contribution in [0.2, 0.25) is 0 Å². The first-order valence-corrected chi connectivity index (χ1v) is 6.51. The van der Waals surface area contributed by atoms with Crippen molar-refractivity contribution < 1.29 is 0 Å². The van der Waals surface area contributed by atoms with E-state index in [0.717, 1.165) is 5.92 Å². The van der Waals surface area contributed by atoms with Crippen LogP contribution in [-0.4, -0.2) is 13.1 Å². The van der Waals surface area contributed by atoms with Gasteiger partial charge in [-0.1, -0.05) is 36.4 Å². The molecule has 2 aromatic rings. The van der Waals surface area contributed by atoms with Crippen LogP contribution in [0.3, 0.4) is 0 Å². The number of benzene rings is 2. The summed E-state index contributed by atoms with van der Waals surface area (Å²) in [5, 5.41) is 6.44. The molecule has 1 nitrogen and oxygen atoms in total. The summed E-state index contributed by atoms with van der Waals surface area (Å²) >= 11 is 0. The Morgan fingerprint density at radius 3 is 2.56 bits per heavy atom. The molecular weight excluding hydrogens is 242 g/mol. The van der Waals surface area contributed by atoms with Crippen LogP contribution >= 0.6 is 12.4 Å². The Balaban J connectivity index is 0.000001000. The molecule has 94 valence electrons. The van der Waals surface area contributed by atoms with Gasteiger partial charge in [0.2, 0.25) is 0 Å². The molecule has 18 heavy (non-hydrogen) atoms. The summed E-state index contributed by atoms with van der Waals surface area (Å²) in [5.74, 6) is 0.883. The SMILES string of the molecule is Cc1ccc(C23CNCC2C3)c2ccccc12.Cl. The number of nitrogens with one attached hydrogen (secondary N) is 1. The van der Waals surface area contributed by atoms with E-state index in [1.165, 1.54) is 35.8 Å². The number of halogens is 1. The normalized spacial score (nSPS) is 28.8. The molecule has 1 saturated carbocycles. The highest BCUT2D eigenvalue weighted by molar-refractivity contribution is 5.90. The predicted octanol–water partition coefficient (Wildman–Crippen LogP) is 3.43. The van der Waals surface area contributed by atoms with Crippen LogP contribution < -0.4 is 5.32 Å². The third-order valence-electron chi connectivity index (χ3n) is 4.74. The van der Waals surface area contributed by atoms with Crippen molar-refractivity contribution in [1.82, 2.24) is 5.32 Å². The zero-order valence-corrected chi connectivity index (χ0v) is 11.4. The van der Waals surface area contributed by atoms with E-state index in [9.17, 15) is 0 Å². The molecule has 1 aliphatic heterocycles. The summed E-state index contributed by atoms with van der Waals surface area (Å²) in [6.45, 7) is 4.59. The van der Waals surface area contributed by atoms with Crippen molar-refractivity contribution >= 4 is 23.2 Å². The van der Waals surface area contributed by atoms with Crippen molar-refractivity contribution in [3.8, 4) is 0 Å². The highest BCUT2D eigenvalue weighted by Gasteiger charge is 2.58. The monoisotopic (exact) mass is 259 g/mol. The third kappa shape index (κ3) is 1.44. The van der Waals surface area contributed by atoms with E-state index in [-0.39, 0.29) is 12.4 Å². The first kappa shape index (κ1) is 12.0. The maximum atomic E-state index is 3.54. The summed E-state index contributed by atoms with van der Waals surface area (Å²) in [6.07, 6.45) is 1.38. The zero-order valence-electron chi connectivity index (χ0n) is 10.6. The van der Waals surface area contributed by atoms with Gasteiger partial charge in [0.05, 0.1) is 0 Å². The van der Waals surface area contributed by atoms with Crippen molar-refractivity contribution in [2.24, 2.45) is 5.92 Å². The molecule has 1 saturated heterocycles. The van der Waals surface area contributed by atoms with Gasteiger partial charge in [0, 0.05) is 12.0 Å². The van der Waals surface area contributed by atoms with Crippen LogP contribution in [0.15, 0.2) is 36.4 Å². The number of aryl methyl sites for hydroxylation is 1. The van der Waals surface area contributed by atoms with Crippen LogP contribution in [0, 0.1) is 12.8 Å². The first-order valence-electron chi connectivity index (χ1n) is 6.51. The summed E-state index contributed by atoms with van der Waals surface area (Å²) in [5.41, 5.74) is 3.44. The quantitative estimate of drug-likeness (QED) is 0.827. The molecule has 4 rings (SSSR count). The molecule has 2 fully saturated rings. The molecule has 2 atom stereocenters. The number of fused-ring (bicyclic) bond motifs is 2. The molecule has 2 unspecified atom stereocenters. The van der Waals surface area contributed by atoms with Gasteiger partial charge in [0.15, 0.2) is 0 Å². The minimum atomic E-state index is 0. The number of hydrogen-bond acceptors (Lipinski definition) is 1. The Morgan fingerprint density at radius 1 is 1.11 bits per heavy atom. The molecule has 0 spiro atoms. The highest BCUT2D eigenvalue weighted by atomic mass is 35.5. The lowest BCUT2D eigenvalue weighted by Gasteiger charge is -2.16. The molecule has 2 aliphatic rings. The third-order valence-corrected chi connectivity index (χ3v) is 4.74. The molecule has 1 heterocycles. The van der Waals surface area contributed by atoms with Gasteiger partial charge in [-0.3, -0.25) is 0 Å². The number of piperidine rings is 1. The molecule has 2 heteroatoms. The van der Waals surface area contributed by atoms with E-state index in [4.69, 9.17) is 0 Å². The minimum Gasteiger partial charge on any atom is -0.316 e. The molecule has 0 amide bonds. The van der Waals surface area contributed by atoms with Crippen LogP contribution in [0.4, 0.5) is 0 Å². The van der Waals surface area contributed by atoms with Gasteiger partial charge in [-0.15, -0.1) is 12.4 Å². The second-order valence-electron chi connectivity index (χ2n) is 5.66. The average molecular weight is 260 g/mol. The van der Waals surface area contributed by atoms with Crippen molar-refractivity contribution in [2.45, 2.75) is 18.8 Å². The van der Waals surface area contributed by atoms with E-state index in [1.807, 2.05) is 0 Å². The van der Waals surface area contributed by atoms with Crippen LogP contribution in [0.25, 0.3) is 10.8 Å². The second kappa shape index (κ2) is 3.97. The van der Waals surface area contributed by atoms with Crippen LogP contribution in [0.1, 0.15) is 17.5 Å². The molecule has 0 bridgehead atoms. The topological polar surface area (TPSA) is 12.0 Å². The van der Waals surface area contributed by atoms with E-state index < -0.39 is 0 Å². The van der Waals surface area contributed by atoms with E-state index in [0.29, 0.717) is 5.41 Å². The standard InChI is InChI=1S/C16H17N.ClH/c1-11-6-7-15(14-5-3-2-4-13(11)14)16-8-12(16)9-17-10-16;/h2-7,12,17H,8-10H2,1H3;1H. The molecule has 1 N–H and O–H groups in total. The number of rotatable bonds is 1. The van der Waals surface area contributed by atoms with E-state index in [2.05, 4.69) is 48.6 Å². The lowest BCUT2D eigenvalue weighted by molar-refractivity contribution is 0.680. The maximum Gasteiger partial charge on any atom is 0.0128 e. The predicted molar refractivity (Wildman–Crippen MR) is 78.6 cm³/mol.